The van der Waals surface area contributed by atoms with Crippen molar-refractivity contribution in [2.45, 2.75) is 18.9 Å². The Bertz CT molecular complexity index is 337. The number of hydrogen-bond acceptors (Lipinski definition) is 3. The molecule has 1 aliphatic carbocycles. The number of rotatable bonds is 3. The van der Waals surface area contributed by atoms with Gasteiger partial charge in [-0.05, 0) is 47.6 Å². The number of nitrogens with zero attached hydrogens (tertiary/aromatic N) is 2. The van der Waals surface area contributed by atoms with Crippen LogP contribution in [0.1, 0.15) is 12.8 Å². The van der Waals surface area contributed by atoms with E-state index in [2.05, 4.69) is 27.6 Å². The van der Waals surface area contributed by atoms with Gasteiger partial charge in [-0.25, -0.2) is 4.98 Å². The van der Waals surface area contributed by atoms with Crippen LogP contribution in [0.15, 0.2) is 12.1 Å². The number of hydrogen-bond donors (Lipinski definition) is 0. The van der Waals surface area contributed by atoms with E-state index in [-0.39, 0.29) is 0 Å². The summed E-state index contributed by atoms with van der Waals surface area (Å²) in [5.74, 6) is 1.82. The number of aromatic nitrogens is 1. The van der Waals surface area contributed by atoms with Crippen molar-refractivity contribution in [3.8, 4) is 5.75 Å². The van der Waals surface area contributed by atoms with Crippen LogP contribution in [0.4, 0.5) is 5.82 Å². The van der Waals surface area contributed by atoms with Crippen molar-refractivity contribution < 1.29 is 4.74 Å². The van der Waals surface area contributed by atoms with Crippen molar-refractivity contribution in [3.63, 3.8) is 0 Å². The van der Waals surface area contributed by atoms with Crippen LogP contribution in [0.25, 0.3) is 0 Å². The first kappa shape index (κ1) is 10.0. The lowest BCUT2D eigenvalue weighted by atomic mass is 10.4. The Balaban J connectivity index is 2.26. The molecule has 0 N–H and O–H groups in total. The van der Waals surface area contributed by atoms with Crippen molar-refractivity contribution in [2.75, 3.05) is 19.0 Å². The fourth-order valence-electron chi connectivity index (χ4n) is 1.19. The highest BCUT2D eigenvalue weighted by atomic mass is 127. The van der Waals surface area contributed by atoms with Gasteiger partial charge >= 0.3 is 0 Å². The Morgan fingerprint density at radius 1 is 1.43 bits per heavy atom. The van der Waals surface area contributed by atoms with E-state index in [0.717, 1.165) is 15.3 Å². The molecule has 4 heteroatoms. The van der Waals surface area contributed by atoms with Crippen LogP contribution in [-0.4, -0.2) is 25.2 Å². The molecule has 3 nitrogen and oxygen atoms in total. The Hall–Kier alpha value is -0.520. The maximum atomic E-state index is 5.77. The Morgan fingerprint density at radius 2 is 2.14 bits per heavy atom. The van der Waals surface area contributed by atoms with Crippen molar-refractivity contribution in [2.24, 2.45) is 0 Å². The van der Waals surface area contributed by atoms with Gasteiger partial charge in [0, 0.05) is 14.1 Å². The molecule has 1 aliphatic rings. The maximum Gasteiger partial charge on any atom is 0.171 e. The maximum absolute atomic E-state index is 5.77. The lowest BCUT2D eigenvalue weighted by Crippen LogP contribution is -2.13. The summed E-state index contributed by atoms with van der Waals surface area (Å²) < 4.78 is 6.76. The fraction of sp³-hybridized carbons (Fsp3) is 0.500. The minimum absolute atomic E-state index is 0.426. The first-order valence-electron chi connectivity index (χ1n) is 4.67. The molecule has 0 radical (unpaired) electrons. The fourth-order valence-corrected chi connectivity index (χ4v) is 1.60. The van der Waals surface area contributed by atoms with E-state index in [1.165, 1.54) is 12.8 Å². The molecule has 1 heterocycles. The van der Waals surface area contributed by atoms with Gasteiger partial charge in [0.25, 0.3) is 0 Å². The van der Waals surface area contributed by atoms with Crippen LogP contribution in [0, 0.1) is 3.70 Å². The lowest BCUT2D eigenvalue weighted by molar-refractivity contribution is 0.302. The van der Waals surface area contributed by atoms with Crippen LogP contribution in [0.3, 0.4) is 0 Å². The molecule has 1 aromatic rings. The average Bonchev–Trinajstić information content (AvgIpc) is 2.91. The van der Waals surface area contributed by atoms with Gasteiger partial charge in [-0.2, -0.15) is 0 Å². The average molecular weight is 304 g/mol. The Kier molecular flexibility index (Phi) is 2.80. The first-order chi connectivity index (χ1) is 6.66. The van der Waals surface area contributed by atoms with Gasteiger partial charge in [0.1, 0.15) is 3.70 Å². The standard InChI is InChI=1S/C10H13IN2O/c1-13(2)10-8(14-7-3-4-7)5-6-9(11)12-10/h5-7H,3-4H2,1-2H3. The second kappa shape index (κ2) is 3.92. The molecule has 0 atom stereocenters. The van der Waals surface area contributed by atoms with E-state index in [1.807, 2.05) is 31.1 Å². The van der Waals surface area contributed by atoms with Crippen molar-refractivity contribution in [1.82, 2.24) is 4.98 Å². The SMILES string of the molecule is CN(C)c1nc(I)ccc1OC1CC1. The third-order valence-electron chi connectivity index (χ3n) is 2.05. The molecule has 0 spiro atoms. The highest BCUT2D eigenvalue weighted by Gasteiger charge is 2.25. The molecule has 14 heavy (non-hydrogen) atoms. The van der Waals surface area contributed by atoms with E-state index in [4.69, 9.17) is 4.74 Å². The lowest BCUT2D eigenvalue weighted by Gasteiger charge is -2.16. The van der Waals surface area contributed by atoms with Gasteiger partial charge in [0.2, 0.25) is 0 Å². The van der Waals surface area contributed by atoms with Crippen LogP contribution in [0.2, 0.25) is 0 Å². The summed E-state index contributed by atoms with van der Waals surface area (Å²) in [7, 11) is 3.97. The van der Waals surface area contributed by atoms with Gasteiger partial charge in [0.05, 0.1) is 6.10 Å². The molecule has 0 bridgehead atoms. The summed E-state index contributed by atoms with van der Waals surface area (Å²) in [6, 6.07) is 3.98. The zero-order valence-electron chi connectivity index (χ0n) is 8.33. The van der Waals surface area contributed by atoms with E-state index in [0.29, 0.717) is 6.10 Å². The van der Waals surface area contributed by atoms with Gasteiger partial charge < -0.3 is 9.64 Å². The van der Waals surface area contributed by atoms with E-state index in [9.17, 15) is 0 Å². The predicted octanol–water partition coefficient (Wildman–Crippen LogP) is 2.29. The second-order valence-corrected chi connectivity index (χ2v) is 4.77. The smallest absolute Gasteiger partial charge is 0.171 e. The monoisotopic (exact) mass is 304 g/mol. The molecular formula is C10H13IN2O. The highest BCUT2D eigenvalue weighted by molar-refractivity contribution is 14.1. The largest absolute Gasteiger partial charge is 0.487 e. The minimum Gasteiger partial charge on any atom is -0.487 e. The first-order valence-corrected chi connectivity index (χ1v) is 5.75. The molecule has 0 aliphatic heterocycles. The quantitative estimate of drug-likeness (QED) is 0.633. The molecule has 0 unspecified atom stereocenters. The van der Waals surface area contributed by atoms with E-state index < -0.39 is 0 Å². The summed E-state index contributed by atoms with van der Waals surface area (Å²) in [5.41, 5.74) is 0. The number of halogens is 1. The van der Waals surface area contributed by atoms with Crippen LogP contribution in [-0.2, 0) is 0 Å². The summed E-state index contributed by atoms with van der Waals surface area (Å²) in [4.78, 5) is 6.43. The molecular weight excluding hydrogens is 291 g/mol. The Labute approximate surface area is 97.6 Å². The van der Waals surface area contributed by atoms with Gasteiger partial charge in [-0.3, -0.25) is 0 Å². The molecule has 1 aromatic heterocycles. The molecule has 0 aromatic carbocycles. The number of ether oxygens (including phenoxy) is 1. The van der Waals surface area contributed by atoms with Crippen LogP contribution >= 0.6 is 22.6 Å². The molecule has 1 saturated carbocycles. The van der Waals surface area contributed by atoms with Crippen LogP contribution < -0.4 is 9.64 Å². The zero-order valence-corrected chi connectivity index (χ0v) is 10.5. The minimum atomic E-state index is 0.426. The summed E-state index contributed by atoms with van der Waals surface area (Å²) in [6.07, 6.45) is 2.79. The normalized spacial score (nSPS) is 15.4. The topological polar surface area (TPSA) is 25.4 Å². The molecule has 1 fully saturated rings. The molecule has 0 amide bonds. The third-order valence-corrected chi connectivity index (χ3v) is 2.65. The summed E-state index contributed by atoms with van der Waals surface area (Å²) in [5, 5.41) is 0. The number of pyridine rings is 1. The summed E-state index contributed by atoms with van der Waals surface area (Å²) in [6.45, 7) is 0. The second-order valence-electron chi connectivity index (χ2n) is 3.67. The highest BCUT2D eigenvalue weighted by Crippen LogP contribution is 2.32. The van der Waals surface area contributed by atoms with Gasteiger partial charge in [-0.15, -0.1) is 0 Å². The molecule has 0 saturated heterocycles. The van der Waals surface area contributed by atoms with E-state index in [1.54, 1.807) is 0 Å². The van der Waals surface area contributed by atoms with E-state index >= 15 is 0 Å². The van der Waals surface area contributed by atoms with Gasteiger partial charge in [-0.1, -0.05) is 0 Å². The van der Waals surface area contributed by atoms with Crippen molar-refractivity contribution in [3.05, 3.63) is 15.8 Å². The molecule has 2 rings (SSSR count). The Morgan fingerprint density at radius 3 is 2.71 bits per heavy atom. The van der Waals surface area contributed by atoms with Gasteiger partial charge in [0.15, 0.2) is 11.6 Å². The zero-order chi connectivity index (χ0) is 10.1. The predicted molar refractivity (Wildman–Crippen MR) is 64.9 cm³/mol. The third kappa shape index (κ3) is 2.29. The summed E-state index contributed by atoms with van der Waals surface area (Å²) >= 11 is 2.21. The van der Waals surface area contributed by atoms with Crippen molar-refractivity contribution in [1.29, 1.82) is 0 Å². The molecule has 76 valence electrons. The van der Waals surface area contributed by atoms with Crippen LogP contribution in [0.5, 0.6) is 5.75 Å². The van der Waals surface area contributed by atoms with Crippen molar-refractivity contribution >= 4 is 28.4 Å². The number of anilines is 1.